The number of hydrogen-bond donors (Lipinski definition) is 1. The molecule has 0 fully saturated rings. The highest BCUT2D eigenvalue weighted by Gasteiger charge is 2.11. The van der Waals surface area contributed by atoms with Crippen molar-refractivity contribution in [3.8, 4) is 5.75 Å². The first-order chi connectivity index (χ1) is 7.08. The van der Waals surface area contributed by atoms with Gasteiger partial charge in [-0.2, -0.15) is 0 Å². The van der Waals surface area contributed by atoms with Crippen molar-refractivity contribution in [2.45, 2.75) is 13.3 Å². The Kier molecular flexibility index (Phi) is 3.38. The quantitative estimate of drug-likeness (QED) is 0.267. The summed E-state index contributed by atoms with van der Waals surface area (Å²) in [7, 11) is 0. The fourth-order valence-electron chi connectivity index (χ4n) is 1.11. The second kappa shape index (κ2) is 4.54. The summed E-state index contributed by atoms with van der Waals surface area (Å²) in [5.74, 6) is -1.48. The van der Waals surface area contributed by atoms with E-state index in [0.717, 1.165) is 0 Å². The number of aldehydes is 1. The molecule has 0 bridgehead atoms. The molecule has 0 aliphatic rings. The number of benzene rings is 1. The van der Waals surface area contributed by atoms with E-state index in [4.69, 9.17) is 5.73 Å². The Bertz CT molecular complexity index is 404. The van der Waals surface area contributed by atoms with Crippen LogP contribution in [-0.4, -0.2) is 12.3 Å². The van der Waals surface area contributed by atoms with Crippen molar-refractivity contribution in [1.29, 1.82) is 0 Å². The van der Waals surface area contributed by atoms with Crippen molar-refractivity contribution >= 4 is 17.9 Å². The third-order valence-corrected chi connectivity index (χ3v) is 1.87. The molecule has 0 saturated heterocycles. The van der Waals surface area contributed by atoms with Crippen LogP contribution in [0.1, 0.15) is 12.5 Å². The number of hydrogen-bond acceptors (Lipinski definition) is 4. The van der Waals surface area contributed by atoms with Crippen LogP contribution in [0.25, 0.3) is 0 Å². The van der Waals surface area contributed by atoms with Crippen molar-refractivity contribution in [3.05, 3.63) is 23.5 Å². The van der Waals surface area contributed by atoms with E-state index in [1.807, 2.05) is 0 Å². The van der Waals surface area contributed by atoms with Gasteiger partial charge in [0.2, 0.25) is 6.29 Å². The number of esters is 1. The van der Waals surface area contributed by atoms with Crippen LogP contribution < -0.4 is 10.5 Å². The second-order valence-electron chi connectivity index (χ2n) is 2.87. The van der Waals surface area contributed by atoms with Crippen LogP contribution in [0.15, 0.2) is 12.1 Å². The van der Waals surface area contributed by atoms with Gasteiger partial charge in [0.05, 0.1) is 5.69 Å². The predicted octanol–water partition coefficient (Wildman–Crippen LogP) is 1.07. The van der Waals surface area contributed by atoms with Crippen molar-refractivity contribution < 1.29 is 18.7 Å². The van der Waals surface area contributed by atoms with Crippen LogP contribution in [-0.2, 0) is 16.0 Å². The molecular formula is C10H10FNO3. The van der Waals surface area contributed by atoms with Crippen LogP contribution in [0.4, 0.5) is 10.1 Å². The molecule has 0 heterocycles. The van der Waals surface area contributed by atoms with Gasteiger partial charge in [0, 0.05) is 6.07 Å². The van der Waals surface area contributed by atoms with Gasteiger partial charge in [0.25, 0.3) is 0 Å². The maximum Gasteiger partial charge on any atom is 0.376 e. The normalized spacial score (nSPS) is 9.73. The van der Waals surface area contributed by atoms with E-state index in [-0.39, 0.29) is 17.7 Å². The molecule has 0 atom stereocenters. The molecule has 80 valence electrons. The van der Waals surface area contributed by atoms with Crippen LogP contribution in [0, 0.1) is 5.82 Å². The Morgan fingerprint density at radius 2 is 2.27 bits per heavy atom. The third-order valence-electron chi connectivity index (χ3n) is 1.87. The zero-order valence-electron chi connectivity index (χ0n) is 8.12. The Morgan fingerprint density at radius 3 is 2.80 bits per heavy atom. The van der Waals surface area contributed by atoms with Crippen molar-refractivity contribution in [1.82, 2.24) is 0 Å². The standard InChI is InChI=1S/C10H10FNO3/c1-2-6-3-7(11)8(12)4-9(6)15-10(14)5-13/h3-5H,2,12H2,1H3. The minimum atomic E-state index is -1.03. The number of nitrogen functional groups attached to an aromatic ring is 1. The van der Waals surface area contributed by atoms with E-state index < -0.39 is 11.8 Å². The maximum atomic E-state index is 13.0. The molecule has 0 unspecified atom stereocenters. The van der Waals surface area contributed by atoms with Crippen molar-refractivity contribution in [2.24, 2.45) is 0 Å². The van der Waals surface area contributed by atoms with E-state index in [1.165, 1.54) is 12.1 Å². The number of nitrogens with two attached hydrogens (primary N) is 1. The first kappa shape index (κ1) is 11.2. The molecule has 0 spiro atoms. The highest BCUT2D eigenvalue weighted by Crippen LogP contribution is 2.25. The van der Waals surface area contributed by atoms with Gasteiger partial charge in [-0.3, -0.25) is 4.79 Å². The lowest BCUT2D eigenvalue weighted by Gasteiger charge is -2.08. The zero-order valence-corrected chi connectivity index (χ0v) is 8.12. The van der Waals surface area contributed by atoms with Crippen LogP contribution in [0.2, 0.25) is 0 Å². The lowest BCUT2D eigenvalue weighted by molar-refractivity contribution is -0.141. The SMILES string of the molecule is CCc1cc(F)c(N)cc1OC(=O)C=O. The molecule has 0 aliphatic carbocycles. The summed E-state index contributed by atoms with van der Waals surface area (Å²) in [4.78, 5) is 20.8. The molecule has 1 aromatic carbocycles. The predicted molar refractivity (Wildman–Crippen MR) is 51.9 cm³/mol. The molecule has 0 aromatic heterocycles. The number of carbonyl (C=O) groups is 2. The number of carbonyl (C=O) groups excluding carboxylic acids is 2. The van der Waals surface area contributed by atoms with Gasteiger partial charge in [0.15, 0.2) is 0 Å². The zero-order chi connectivity index (χ0) is 11.4. The lowest BCUT2D eigenvalue weighted by Crippen LogP contribution is -2.10. The van der Waals surface area contributed by atoms with Crippen LogP contribution in [0.5, 0.6) is 5.75 Å². The summed E-state index contributed by atoms with van der Waals surface area (Å²) in [6, 6.07) is 2.37. The molecule has 1 aromatic rings. The Labute approximate surface area is 85.8 Å². The number of aryl methyl sites for hydroxylation is 1. The number of halogens is 1. The summed E-state index contributed by atoms with van der Waals surface area (Å²) in [6.45, 7) is 1.77. The molecule has 0 radical (unpaired) electrons. The minimum Gasteiger partial charge on any atom is -0.421 e. The second-order valence-corrected chi connectivity index (χ2v) is 2.87. The first-order valence-electron chi connectivity index (χ1n) is 4.33. The molecule has 4 nitrogen and oxygen atoms in total. The molecule has 0 amide bonds. The molecule has 15 heavy (non-hydrogen) atoms. The van der Waals surface area contributed by atoms with E-state index in [0.29, 0.717) is 12.0 Å². The molecule has 0 saturated carbocycles. The van der Waals surface area contributed by atoms with E-state index in [1.54, 1.807) is 6.92 Å². The van der Waals surface area contributed by atoms with Gasteiger partial charge in [-0.25, -0.2) is 9.18 Å². The smallest absolute Gasteiger partial charge is 0.376 e. The molecule has 5 heteroatoms. The summed E-state index contributed by atoms with van der Waals surface area (Å²) in [5.41, 5.74) is 5.67. The van der Waals surface area contributed by atoms with Gasteiger partial charge >= 0.3 is 5.97 Å². The average molecular weight is 211 g/mol. The summed E-state index contributed by atoms with van der Waals surface area (Å²) >= 11 is 0. The number of ether oxygens (including phenoxy) is 1. The first-order valence-corrected chi connectivity index (χ1v) is 4.33. The monoisotopic (exact) mass is 211 g/mol. The van der Waals surface area contributed by atoms with E-state index in [9.17, 15) is 14.0 Å². The van der Waals surface area contributed by atoms with Gasteiger partial charge in [-0.05, 0) is 18.1 Å². The van der Waals surface area contributed by atoms with Gasteiger partial charge < -0.3 is 10.5 Å². The summed E-state index contributed by atoms with van der Waals surface area (Å²) < 4.78 is 17.7. The highest BCUT2D eigenvalue weighted by atomic mass is 19.1. The van der Waals surface area contributed by atoms with Gasteiger partial charge in [0.1, 0.15) is 11.6 Å². The minimum absolute atomic E-state index is 0.0407. The number of anilines is 1. The van der Waals surface area contributed by atoms with E-state index in [2.05, 4.69) is 4.74 Å². The Morgan fingerprint density at radius 1 is 1.60 bits per heavy atom. The van der Waals surface area contributed by atoms with Crippen LogP contribution >= 0.6 is 0 Å². The Hall–Kier alpha value is -1.91. The van der Waals surface area contributed by atoms with E-state index >= 15 is 0 Å². The highest BCUT2D eigenvalue weighted by molar-refractivity contribution is 6.21. The Balaban J connectivity index is 3.10. The lowest BCUT2D eigenvalue weighted by atomic mass is 10.1. The molecule has 2 N–H and O–H groups in total. The van der Waals surface area contributed by atoms with Crippen molar-refractivity contribution in [3.63, 3.8) is 0 Å². The summed E-state index contributed by atoms with van der Waals surface area (Å²) in [5, 5.41) is 0. The fourth-order valence-corrected chi connectivity index (χ4v) is 1.11. The average Bonchev–Trinajstić information content (AvgIpc) is 2.22. The largest absolute Gasteiger partial charge is 0.421 e. The third kappa shape index (κ3) is 2.52. The van der Waals surface area contributed by atoms with Crippen molar-refractivity contribution in [2.75, 3.05) is 5.73 Å². The van der Waals surface area contributed by atoms with Gasteiger partial charge in [-0.1, -0.05) is 6.92 Å². The van der Waals surface area contributed by atoms with Gasteiger partial charge in [-0.15, -0.1) is 0 Å². The van der Waals surface area contributed by atoms with Crippen LogP contribution in [0.3, 0.4) is 0 Å². The molecular weight excluding hydrogens is 201 g/mol. The maximum absolute atomic E-state index is 13.0. The molecule has 1 rings (SSSR count). The summed E-state index contributed by atoms with van der Waals surface area (Å²) in [6.07, 6.45) is 0.512. The fraction of sp³-hybridized carbons (Fsp3) is 0.200. The number of rotatable bonds is 3. The molecule has 0 aliphatic heterocycles. The topological polar surface area (TPSA) is 69.4 Å².